The van der Waals surface area contributed by atoms with Gasteiger partial charge in [-0.3, -0.25) is 4.79 Å². The number of nitrogens with zero attached hydrogens (tertiary/aromatic N) is 1. The molecule has 1 saturated heterocycles. The predicted molar refractivity (Wildman–Crippen MR) is 73.6 cm³/mol. The number of hydrogen-bond donors (Lipinski definition) is 1. The Morgan fingerprint density at radius 2 is 2.00 bits per heavy atom. The van der Waals surface area contributed by atoms with Crippen LogP contribution in [0.15, 0.2) is 24.3 Å². The second kappa shape index (κ2) is 6.01. The van der Waals surface area contributed by atoms with Gasteiger partial charge in [0.25, 0.3) is 0 Å². The molecule has 1 amide bonds. The molecule has 3 heteroatoms. The lowest BCUT2D eigenvalue weighted by atomic mass is 10.1. The lowest BCUT2D eigenvalue weighted by Crippen LogP contribution is -2.52. The number of amides is 1. The van der Waals surface area contributed by atoms with E-state index in [1.807, 2.05) is 4.90 Å². The fraction of sp³-hybridized carbons (Fsp3) is 0.533. The van der Waals surface area contributed by atoms with Gasteiger partial charge in [-0.2, -0.15) is 0 Å². The van der Waals surface area contributed by atoms with Crippen molar-refractivity contribution in [2.45, 2.75) is 32.7 Å². The zero-order valence-corrected chi connectivity index (χ0v) is 11.3. The molecule has 1 aliphatic rings. The van der Waals surface area contributed by atoms with Crippen molar-refractivity contribution in [2.75, 3.05) is 19.6 Å². The summed E-state index contributed by atoms with van der Waals surface area (Å²) < 4.78 is 0. The third kappa shape index (κ3) is 3.10. The van der Waals surface area contributed by atoms with Crippen LogP contribution in [0, 0.1) is 0 Å². The van der Waals surface area contributed by atoms with Gasteiger partial charge in [-0.1, -0.05) is 31.2 Å². The molecule has 1 aliphatic heterocycles. The van der Waals surface area contributed by atoms with Crippen molar-refractivity contribution in [1.82, 2.24) is 10.2 Å². The smallest absolute Gasteiger partial charge is 0.227 e. The molecule has 1 heterocycles. The first-order valence-electron chi connectivity index (χ1n) is 6.78. The Bertz CT molecular complexity index is 399. The molecule has 1 fully saturated rings. The quantitative estimate of drug-likeness (QED) is 0.879. The first-order valence-corrected chi connectivity index (χ1v) is 6.78. The van der Waals surface area contributed by atoms with Gasteiger partial charge in [0.2, 0.25) is 5.91 Å². The van der Waals surface area contributed by atoms with E-state index < -0.39 is 0 Å². The standard InChI is InChI=1S/C15H22N2O/c1-3-13-4-6-14(7-5-13)10-15(18)17-9-8-16-11-12(17)2/h4-7,12,16H,3,8-11H2,1-2H3/t12-/m0/s1. The lowest BCUT2D eigenvalue weighted by Gasteiger charge is -2.34. The second-order valence-corrected chi connectivity index (χ2v) is 4.99. The van der Waals surface area contributed by atoms with Gasteiger partial charge in [0, 0.05) is 25.7 Å². The van der Waals surface area contributed by atoms with Crippen LogP contribution in [0.1, 0.15) is 25.0 Å². The molecule has 0 saturated carbocycles. The van der Waals surface area contributed by atoms with Gasteiger partial charge in [0.05, 0.1) is 6.42 Å². The summed E-state index contributed by atoms with van der Waals surface area (Å²) in [4.78, 5) is 14.2. The first kappa shape index (κ1) is 13.1. The van der Waals surface area contributed by atoms with Crippen LogP contribution in [0.4, 0.5) is 0 Å². The number of nitrogens with one attached hydrogen (secondary N) is 1. The van der Waals surface area contributed by atoms with Crippen LogP contribution < -0.4 is 5.32 Å². The van der Waals surface area contributed by atoms with Gasteiger partial charge in [-0.05, 0) is 24.5 Å². The Kier molecular flexibility index (Phi) is 4.37. The molecular formula is C15H22N2O. The molecule has 1 aromatic carbocycles. The molecule has 3 nitrogen and oxygen atoms in total. The zero-order chi connectivity index (χ0) is 13.0. The topological polar surface area (TPSA) is 32.3 Å². The van der Waals surface area contributed by atoms with Crippen molar-refractivity contribution >= 4 is 5.91 Å². The fourth-order valence-electron chi connectivity index (χ4n) is 2.38. The highest BCUT2D eigenvalue weighted by Crippen LogP contribution is 2.10. The largest absolute Gasteiger partial charge is 0.337 e. The number of benzene rings is 1. The van der Waals surface area contributed by atoms with E-state index >= 15 is 0 Å². The van der Waals surface area contributed by atoms with Crippen LogP contribution in [-0.4, -0.2) is 36.5 Å². The average molecular weight is 246 g/mol. The van der Waals surface area contributed by atoms with E-state index in [-0.39, 0.29) is 5.91 Å². The Morgan fingerprint density at radius 1 is 1.33 bits per heavy atom. The normalized spacial score (nSPS) is 19.9. The van der Waals surface area contributed by atoms with E-state index in [0.29, 0.717) is 12.5 Å². The molecule has 1 atom stereocenters. The van der Waals surface area contributed by atoms with Gasteiger partial charge in [-0.25, -0.2) is 0 Å². The van der Waals surface area contributed by atoms with E-state index in [1.54, 1.807) is 0 Å². The Balaban J connectivity index is 1.97. The number of carbonyl (C=O) groups is 1. The van der Waals surface area contributed by atoms with E-state index in [9.17, 15) is 4.79 Å². The van der Waals surface area contributed by atoms with Crippen LogP contribution in [-0.2, 0) is 17.6 Å². The molecular weight excluding hydrogens is 224 g/mol. The van der Waals surface area contributed by atoms with Gasteiger partial charge in [-0.15, -0.1) is 0 Å². The van der Waals surface area contributed by atoms with Crippen molar-refractivity contribution in [3.05, 3.63) is 35.4 Å². The van der Waals surface area contributed by atoms with Gasteiger partial charge < -0.3 is 10.2 Å². The molecule has 0 unspecified atom stereocenters. The van der Waals surface area contributed by atoms with Crippen LogP contribution >= 0.6 is 0 Å². The average Bonchev–Trinajstić information content (AvgIpc) is 2.40. The summed E-state index contributed by atoms with van der Waals surface area (Å²) in [7, 11) is 0. The minimum Gasteiger partial charge on any atom is -0.337 e. The summed E-state index contributed by atoms with van der Waals surface area (Å²) in [6, 6.07) is 8.68. The number of hydrogen-bond acceptors (Lipinski definition) is 2. The van der Waals surface area contributed by atoms with Crippen molar-refractivity contribution in [3.63, 3.8) is 0 Å². The number of rotatable bonds is 3. The van der Waals surface area contributed by atoms with Crippen molar-refractivity contribution in [1.29, 1.82) is 0 Å². The highest BCUT2D eigenvalue weighted by molar-refractivity contribution is 5.79. The zero-order valence-electron chi connectivity index (χ0n) is 11.3. The molecule has 0 aliphatic carbocycles. The van der Waals surface area contributed by atoms with Crippen LogP contribution in [0.3, 0.4) is 0 Å². The maximum absolute atomic E-state index is 12.2. The van der Waals surface area contributed by atoms with Crippen molar-refractivity contribution < 1.29 is 4.79 Å². The Hall–Kier alpha value is -1.35. The molecule has 0 aromatic heterocycles. The minimum absolute atomic E-state index is 0.244. The summed E-state index contributed by atoms with van der Waals surface area (Å²) in [5, 5.41) is 3.30. The summed E-state index contributed by atoms with van der Waals surface area (Å²) in [5.74, 6) is 0.244. The van der Waals surface area contributed by atoms with Gasteiger partial charge >= 0.3 is 0 Å². The lowest BCUT2D eigenvalue weighted by molar-refractivity contribution is -0.133. The van der Waals surface area contributed by atoms with Crippen LogP contribution in [0.5, 0.6) is 0 Å². The van der Waals surface area contributed by atoms with E-state index in [4.69, 9.17) is 0 Å². The van der Waals surface area contributed by atoms with E-state index in [0.717, 1.165) is 31.6 Å². The molecule has 2 rings (SSSR count). The highest BCUT2D eigenvalue weighted by atomic mass is 16.2. The van der Waals surface area contributed by atoms with Gasteiger partial charge in [0.1, 0.15) is 0 Å². The molecule has 0 bridgehead atoms. The first-order chi connectivity index (χ1) is 8.70. The number of piperazine rings is 1. The van der Waals surface area contributed by atoms with Gasteiger partial charge in [0.15, 0.2) is 0 Å². The van der Waals surface area contributed by atoms with Crippen LogP contribution in [0.2, 0.25) is 0 Å². The molecule has 18 heavy (non-hydrogen) atoms. The van der Waals surface area contributed by atoms with E-state index in [2.05, 4.69) is 43.4 Å². The highest BCUT2D eigenvalue weighted by Gasteiger charge is 2.22. The number of carbonyl (C=O) groups excluding carboxylic acids is 1. The molecule has 0 radical (unpaired) electrons. The Morgan fingerprint density at radius 3 is 2.61 bits per heavy atom. The number of aryl methyl sites for hydroxylation is 1. The summed E-state index contributed by atoms with van der Waals surface area (Å²) in [6.45, 7) is 6.88. The third-order valence-electron chi connectivity index (χ3n) is 3.61. The summed E-state index contributed by atoms with van der Waals surface area (Å²) in [5.41, 5.74) is 2.43. The van der Waals surface area contributed by atoms with E-state index in [1.165, 1.54) is 5.56 Å². The minimum atomic E-state index is 0.244. The maximum atomic E-state index is 12.2. The maximum Gasteiger partial charge on any atom is 0.227 e. The molecule has 1 N–H and O–H groups in total. The SMILES string of the molecule is CCc1ccc(CC(=O)N2CCNC[C@@H]2C)cc1. The summed E-state index contributed by atoms with van der Waals surface area (Å²) >= 11 is 0. The molecule has 0 spiro atoms. The molecule has 1 aromatic rings. The second-order valence-electron chi connectivity index (χ2n) is 4.99. The van der Waals surface area contributed by atoms with Crippen LogP contribution in [0.25, 0.3) is 0 Å². The summed E-state index contributed by atoms with van der Waals surface area (Å²) in [6.07, 6.45) is 1.57. The van der Waals surface area contributed by atoms with Crippen molar-refractivity contribution in [3.8, 4) is 0 Å². The van der Waals surface area contributed by atoms with Crippen molar-refractivity contribution in [2.24, 2.45) is 0 Å². The Labute approximate surface area is 109 Å². The monoisotopic (exact) mass is 246 g/mol. The third-order valence-corrected chi connectivity index (χ3v) is 3.61. The fourth-order valence-corrected chi connectivity index (χ4v) is 2.38. The molecule has 98 valence electrons. The predicted octanol–water partition coefficient (Wildman–Crippen LogP) is 1.61.